The fraction of sp³-hybridized carbons (Fsp3) is 0.268. The van der Waals surface area contributed by atoms with E-state index in [-0.39, 0.29) is 52.2 Å². The van der Waals surface area contributed by atoms with Gasteiger partial charge in [0.1, 0.15) is 23.0 Å². The van der Waals surface area contributed by atoms with E-state index in [0.29, 0.717) is 27.5 Å². The van der Waals surface area contributed by atoms with Gasteiger partial charge in [-0.05, 0) is 66.8 Å². The molecule has 2 saturated heterocycles. The van der Waals surface area contributed by atoms with Gasteiger partial charge in [0.15, 0.2) is 0 Å². The second-order valence-electron chi connectivity index (χ2n) is 14.3. The molecule has 4 aromatic carbocycles. The molecule has 0 unspecified atom stereocenters. The molecule has 1 saturated carbocycles. The zero-order valence-corrected chi connectivity index (χ0v) is 32.1. The highest BCUT2D eigenvalue weighted by molar-refractivity contribution is 6.36. The SMILES string of the molecule is COc1ccc([C@@]23C(=O)N(Nc4ccc(Cl)cc4Cl)C(=O)[C@@H]2C[C@@H]2C(=CC[C@@H]4C(=O)N(c5ccc([N+](=O)[O-])cc5)C(=O)[C@@H]42)[C@@H]3c2c(OC)cc(O)cc2OC)cc1. The standard InChI is InChI=1S/C41H34Cl2N4O10/c1-55-25-11-4-20(5-12-25)41-29(38(50)46(40(41)52)44-31-15-6-21(42)16-30(31)43)19-28-26(36(41)35-32(56-2)17-24(48)18-33(35)57-3)13-14-27-34(28)39(51)45(37(27)49)22-7-9-23(10-8-22)47(53)54/h4-13,15-18,27-29,34,36,44,48H,14,19H2,1-3H3/t27-,28+,29-,34-,36+,41+/m0/s1. The van der Waals surface area contributed by atoms with Crippen molar-refractivity contribution >= 4 is 63.9 Å². The molecule has 4 aliphatic rings. The van der Waals surface area contributed by atoms with Crippen molar-refractivity contribution in [2.45, 2.75) is 24.2 Å². The van der Waals surface area contributed by atoms with Crippen molar-refractivity contribution < 1.29 is 43.4 Å². The maximum Gasteiger partial charge on any atom is 0.269 e. The number of anilines is 2. The van der Waals surface area contributed by atoms with E-state index in [1.165, 1.54) is 63.8 Å². The zero-order chi connectivity index (χ0) is 40.5. The average molecular weight is 814 g/mol. The summed E-state index contributed by atoms with van der Waals surface area (Å²) < 4.78 is 17.2. The van der Waals surface area contributed by atoms with Crippen LogP contribution in [-0.2, 0) is 24.6 Å². The number of amides is 4. The van der Waals surface area contributed by atoms with Gasteiger partial charge in [-0.25, -0.2) is 0 Å². The number of hydrogen-bond donors (Lipinski definition) is 2. The predicted molar refractivity (Wildman–Crippen MR) is 207 cm³/mol. The number of imide groups is 2. The third kappa shape index (κ3) is 5.68. The van der Waals surface area contributed by atoms with Crippen LogP contribution in [0.1, 0.15) is 29.9 Å². The number of hydrazine groups is 1. The molecule has 0 spiro atoms. The number of aromatic hydroxyl groups is 1. The van der Waals surface area contributed by atoms with Gasteiger partial charge in [0.05, 0.1) is 65.8 Å². The number of benzene rings is 4. The smallest absolute Gasteiger partial charge is 0.269 e. The highest BCUT2D eigenvalue weighted by Crippen LogP contribution is 2.66. The van der Waals surface area contributed by atoms with E-state index in [4.69, 9.17) is 37.4 Å². The maximum absolute atomic E-state index is 15.6. The molecule has 2 aliphatic heterocycles. The average Bonchev–Trinajstić information content (AvgIpc) is 3.59. The molecule has 0 bridgehead atoms. The number of methoxy groups -OCH3 is 3. The third-order valence-electron chi connectivity index (χ3n) is 11.7. The largest absolute Gasteiger partial charge is 0.508 e. The zero-order valence-electron chi connectivity index (χ0n) is 30.6. The van der Waals surface area contributed by atoms with Gasteiger partial charge in [-0.1, -0.05) is 47.0 Å². The Morgan fingerprint density at radius 1 is 0.842 bits per heavy atom. The fourth-order valence-electron chi connectivity index (χ4n) is 9.34. The Hall–Kier alpha value is -6.12. The molecule has 3 fully saturated rings. The molecule has 16 heteroatoms. The molecule has 2 heterocycles. The summed E-state index contributed by atoms with van der Waals surface area (Å²) in [4.78, 5) is 71.3. The fourth-order valence-corrected chi connectivity index (χ4v) is 9.80. The van der Waals surface area contributed by atoms with Gasteiger partial charge in [-0.3, -0.25) is 39.6 Å². The summed E-state index contributed by atoms with van der Waals surface area (Å²) in [5.74, 6) is -6.42. The number of nitro benzene ring substituents is 1. The van der Waals surface area contributed by atoms with Gasteiger partial charge in [-0.2, -0.15) is 5.01 Å². The third-order valence-corrected chi connectivity index (χ3v) is 12.3. The van der Waals surface area contributed by atoms with Crippen molar-refractivity contribution in [3.8, 4) is 23.0 Å². The van der Waals surface area contributed by atoms with Crippen LogP contribution in [0.5, 0.6) is 23.0 Å². The van der Waals surface area contributed by atoms with E-state index in [9.17, 15) is 24.8 Å². The molecular formula is C41H34Cl2N4O10. The highest BCUT2D eigenvalue weighted by Gasteiger charge is 2.71. The summed E-state index contributed by atoms with van der Waals surface area (Å²) >= 11 is 12.7. The van der Waals surface area contributed by atoms with Gasteiger partial charge in [0, 0.05) is 40.8 Å². The molecule has 292 valence electrons. The minimum Gasteiger partial charge on any atom is -0.508 e. The molecule has 8 rings (SSSR count). The van der Waals surface area contributed by atoms with E-state index in [1.54, 1.807) is 36.4 Å². The summed E-state index contributed by atoms with van der Waals surface area (Å²) in [5.41, 5.74) is 2.81. The van der Waals surface area contributed by atoms with E-state index < -0.39 is 63.6 Å². The van der Waals surface area contributed by atoms with Crippen LogP contribution >= 0.6 is 23.2 Å². The molecule has 14 nitrogen and oxygen atoms in total. The lowest BCUT2D eigenvalue weighted by Gasteiger charge is -2.51. The lowest BCUT2D eigenvalue weighted by molar-refractivity contribution is -0.384. The Labute approximate surface area is 335 Å². The van der Waals surface area contributed by atoms with Crippen LogP contribution in [0, 0.1) is 33.8 Å². The normalized spacial score (nSPS) is 25.1. The Morgan fingerprint density at radius 3 is 2.11 bits per heavy atom. The summed E-state index contributed by atoms with van der Waals surface area (Å²) in [7, 11) is 4.31. The first kappa shape index (κ1) is 37.8. The molecule has 6 atom stereocenters. The minimum atomic E-state index is -1.73. The first-order valence-corrected chi connectivity index (χ1v) is 18.6. The number of nitro groups is 1. The lowest BCUT2D eigenvalue weighted by atomic mass is 9.49. The van der Waals surface area contributed by atoms with Gasteiger partial charge < -0.3 is 19.3 Å². The van der Waals surface area contributed by atoms with Crippen LogP contribution in [0.4, 0.5) is 17.1 Å². The van der Waals surface area contributed by atoms with Crippen molar-refractivity contribution in [3.05, 3.63) is 122 Å². The number of rotatable bonds is 9. The van der Waals surface area contributed by atoms with Crippen LogP contribution in [-0.4, -0.2) is 60.0 Å². The number of halogens is 2. The first-order chi connectivity index (χ1) is 27.3. The predicted octanol–water partition coefficient (Wildman–Crippen LogP) is 6.82. The number of allylic oxidation sites excluding steroid dienone is 2. The van der Waals surface area contributed by atoms with Gasteiger partial charge in [0.2, 0.25) is 11.8 Å². The quantitative estimate of drug-likeness (QED) is 0.0784. The summed E-state index contributed by atoms with van der Waals surface area (Å²) in [5, 5.41) is 23.6. The van der Waals surface area contributed by atoms with E-state index in [2.05, 4.69) is 5.43 Å². The number of nitrogens with one attached hydrogen (secondary N) is 1. The van der Waals surface area contributed by atoms with Crippen LogP contribution in [0.25, 0.3) is 0 Å². The number of hydrogen-bond acceptors (Lipinski definition) is 11. The molecule has 2 N–H and O–H groups in total. The molecule has 57 heavy (non-hydrogen) atoms. The second kappa shape index (κ2) is 14.1. The molecule has 0 aromatic heterocycles. The first-order valence-electron chi connectivity index (χ1n) is 17.9. The molecule has 4 amide bonds. The Morgan fingerprint density at radius 2 is 1.51 bits per heavy atom. The highest BCUT2D eigenvalue weighted by atomic mass is 35.5. The van der Waals surface area contributed by atoms with Crippen LogP contribution < -0.4 is 24.5 Å². The summed E-state index contributed by atoms with van der Waals surface area (Å²) in [6.07, 6.45) is 1.94. The van der Waals surface area contributed by atoms with Gasteiger partial charge in [0.25, 0.3) is 17.5 Å². The Bertz CT molecular complexity index is 2380. The minimum absolute atomic E-state index is 0.0253. The lowest BCUT2D eigenvalue weighted by Crippen LogP contribution is -2.53. The van der Waals surface area contributed by atoms with E-state index >= 15 is 9.59 Å². The molecule has 2 aliphatic carbocycles. The monoisotopic (exact) mass is 812 g/mol. The Balaban J connectivity index is 1.36. The van der Waals surface area contributed by atoms with Crippen LogP contribution in [0.2, 0.25) is 10.0 Å². The molecule has 0 radical (unpaired) electrons. The number of carbonyl (C=O) groups excluding carboxylic acids is 4. The van der Waals surface area contributed by atoms with Gasteiger partial charge in [-0.15, -0.1) is 0 Å². The molecule has 4 aromatic rings. The number of phenols is 1. The van der Waals surface area contributed by atoms with Crippen molar-refractivity contribution in [2.24, 2.45) is 23.7 Å². The summed E-state index contributed by atoms with van der Waals surface area (Å²) in [6, 6.07) is 19.3. The Kier molecular flexibility index (Phi) is 9.36. The number of fused-ring (bicyclic) bond motifs is 4. The van der Waals surface area contributed by atoms with E-state index in [0.717, 1.165) is 9.91 Å². The van der Waals surface area contributed by atoms with Crippen molar-refractivity contribution in [1.82, 2.24) is 5.01 Å². The van der Waals surface area contributed by atoms with Crippen molar-refractivity contribution in [2.75, 3.05) is 31.7 Å². The maximum atomic E-state index is 15.6. The number of nitrogens with zero attached hydrogens (tertiary/aromatic N) is 3. The van der Waals surface area contributed by atoms with E-state index in [1.807, 2.05) is 6.08 Å². The second-order valence-corrected chi connectivity index (χ2v) is 15.1. The van der Waals surface area contributed by atoms with Crippen LogP contribution in [0.3, 0.4) is 0 Å². The number of carbonyl (C=O) groups is 4. The summed E-state index contributed by atoms with van der Waals surface area (Å²) in [6.45, 7) is 0. The van der Waals surface area contributed by atoms with Crippen molar-refractivity contribution in [3.63, 3.8) is 0 Å². The molecular weight excluding hydrogens is 779 g/mol. The van der Waals surface area contributed by atoms with Crippen LogP contribution in [0.15, 0.2) is 90.5 Å². The number of non-ortho nitro benzene ring substituents is 1. The van der Waals surface area contributed by atoms with Gasteiger partial charge >= 0.3 is 0 Å². The number of phenolic OH excluding ortho intramolecular Hbond substituents is 1. The topological polar surface area (TPSA) is 178 Å². The number of ether oxygens (including phenoxy) is 3. The van der Waals surface area contributed by atoms with Crippen molar-refractivity contribution in [1.29, 1.82) is 0 Å².